The first-order valence-electron chi connectivity index (χ1n) is 7.88. The molecule has 10 heteroatoms. The highest BCUT2D eigenvalue weighted by molar-refractivity contribution is 5.89. The van der Waals surface area contributed by atoms with E-state index in [1.807, 2.05) is 41.6 Å². The molecular formula is C16H16FN9. The van der Waals surface area contributed by atoms with Gasteiger partial charge in [0, 0.05) is 19.4 Å². The zero-order chi connectivity index (χ0) is 18.3. The van der Waals surface area contributed by atoms with Gasteiger partial charge in [-0.3, -0.25) is 0 Å². The molecule has 0 amide bonds. The van der Waals surface area contributed by atoms with Crippen LogP contribution in [0, 0.1) is 5.82 Å². The van der Waals surface area contributed by atoms with Crippen LogP contribution in [-0.4, -0.2) is 34.1 Å². The molecule has 1 atom stereocenters. The predicted molar refractivity (Wildman–Crippen MR) is 94.2 cm³/mol. The van der Waals surface area contributed by atoms with Gasteiger partial charge in [-0.15, -0.1) is 0 Å². The summed E-state index contributed by atoms with van der Waals surface area (Å²) < 4.78 is 16.8. The summed E-state index contributed by atoms with van der Waals surface area (Å²) in [5.74, 6) is 1.30. The van der Waals surface area contributed by atoms with E-state index in [4.69, 9.17) is 5.73 Å². The van der Waals surface area contributed by atoms with E-state index in [-0.39, 0.29) is 12.0 Å². The summed E-state index contributed by atoms with van der Waals surface area (Å²) in [5.41, 5.74) is 7.23. The Morgan fingerprint density at radius 3 is 2.65 bits per heavy atom. The van der Waals surface area contributed by atoms with Gasteiger partial charge in [-0.1, -0.05) is 0 Å². The van der Waals surface area contributed by atoms with Gasteiger partial charge in [0.25, 0.3) is 0 Å². The SMILES string of the molecule is C[C@H](c1ncc(F)cn1)n1ccc2nc(N)nc(Nc3cn(C)cn3)c21. The highest BCUT2D eigenvalue weighted by atomic mass is 19.1. The van der Waals surface area contributed by atoms with Crippen molar-refractivity contribution < 1.29 is 4.39 Å². The number of aromatic nitrogens is 7. The average Bonchev–Trinajstić information content (AvgIpc) is 3.21. The number of rotatable bonds is 4. The van der Waals surface area contributed by atoms with Gasteiger partial charge >= 0.3 is 0 Å². The molecule has 0 saturated carbocycles. The average molecular weight is 353 g/mol. The Morgan fingerprint density at radius 1 is 1.19 bits per heavy atom. The van der Waals surface area contributed by atoms with Crippen LogP contribution in [0.5, 0.6) is 0 Å². The Labute approximate surface area is 147 Å². The Bertz CT molecular complexity index is 1070. The maximum absolute atomic E-state index is 13.1. The molecule has 4 rings (SSSR count). The number of imidazole rings is 1. The number of nitrogens with zero attached hydrogens (tertiary/aromatic N) is 7. The van der Waals surface area contributed by atoms with E-state index in [2.05, 4.69) is 30.2 Å². The third kappa shape index (κ3) is 2.81. The van der Waals surface area contributed by atoms with Crippen LogP contribution in [0.3, 0.4) is 0 Å². The van der Waals surface area contributed by atoms with Crippen molar-refractivity contribution in [1.82, 2.24) is 34.1 Å². The predicted octanol–water partition coefficient (Wildman–Crippen LogP) is 2.03. The van der Waals surface area contributed by atoms with E-state index in [1.54, 1.807) is 6.33 Å². The van der Waals surface area contributed by atoms with Crippen LogP contribution in [0.1, 0.15) is 18.8 Å². The van der Waals surface area contributed by atoms with Gasteiger partial charge in [-0.2, -0.15) is 4.98 Å². The molecule has 0 saturated heterocycles. The summed E-state index contributed by atoms with van der Waals surface area (Å²) in [7, 11) is 1.87. The van der Waals surface area contributed by atoms with Gasteiger partial charge in [0.05, 0.1) is 30.3 Å². The van der Waals surface area contributed by atoms with Crippen LogP contribution in [0.2, 0.25) is 0 Å². The first-order valence-corrected chi connectivity index (χ1v) is 7.88. The minimum absolute atomic E-state index is 0.152. The first kappa shape index (κ1) is 15.9. The van der Waals surface area contributed by atoms with Crippen LogP contribution in [0.15, 0.2) is 37.2 Å². The number of nitrogen functional groups attached to an aromatic ring is 1. The molecule has 0 fully saturated rings. The molecule has 0 aliphatic carbocycles. The molecule has 0 aliphatic rings. The topological polar surface area (TPSA) is 112 Å². The van der Waals surface area contributed by atoms with Crippen LogP contribution in [-0.2, 0) is 7.05 Å². The number of fused-ring (bicyclic) bond motifs is 1. The van der Waals surface area contributed by atoms with Gasteiger partial charge in [0.2, 0.25) is 5.95 Å². The smallest absolute Gasteiger partial charge is 0.222 e. The van der Waals surface area contributed by atoms with Gasteiger partial charge < -0.3 is 20.2 Å². The summed E-state index contributed by atoms with van der Waals surface area (Å²) in [6.45, 7) is 1.91. The van der Waals surface area contributed by atoms with Crippen LogP contribution < -0.4 is 11.1 Å². The second kappa shape index (κ2) is 6.06. The molecule has 0 aromatic carbocycles. The van der Waals surface area contributed by atoms with Crippen molar-refractivity contribution in [2.45, 2.75) is 13.0 Å². The first-order chi connectivity index (χ1) is 12.5. The van der Waals surface area contributed by atoms with Crippen molar-refractivity contribution in [3.8, 4) is 0 Å². The van der Waals surface area contributed by atoms with E-state index in [0.29, 0.717) is 23.0 Å². The van der Waals surface area contributed by atoms with E-state index < -0.39 is 5.82 Å². The lowest BCUT2D eigenvalue weighted by Crippen LogP contribution is -2.11. The highest BCUT2D eigenvalue weighted by Gasteiger charge is 2.18. The van der Waals surface area contributed by atoms with Crippen molar-refractivity contribution in [2.24, 2.45) is 7.05 Å². The maximum atomic E-state index is 13.1. The molecule has 0 bridgehead atoms. The zero-order valence-corrected chi connectivity index (χ0v) is 14.1. The molecule has 9 nitrogen and oxygen atoms in total. The van der Waals surface area contributed by atoms with Crippen molar-refractivity contribution in [3.63, 3.8) is 0 Å². The summed E-state index contributed by atoms with van der Waals surface area (Å²) in [6, 6.07) is 1.57. The fourth-order valence-electron chi connectivity index (χ4n) is 2.76. The summed E-state index contributed by atoms with van der Waals surface area (Å²) >= 11 is 0. The Balaban J connectivity index is 1.81. The third-order valence-corrected chi connectivity index (χ3v) is 3.96. The molecule has 4 aromatic heterocycles. The molecule has 0 aliphatic heterocycles. The van der Waals surface area contributed by atoms with Crippen molar-refractivity contribution in [2.75, 3.05) is 11.1 Å². The van der Waals surface area contributed by atoms with E-state index in [0.717, 1.165) is 17.9 Å². The zero-order valence-electron chi connectivity index (χ0n) is 14.1. The van der Waals surface area contributed by atoms with Crippen LogP contribution in [0.4, 0.5) is 22.0 Å². The molecule has 0 unspecified atom stereocenters. The van der Waals surface area contributed by atoms with Gasteiger partial charge in [-0.25, -0.2) is 24.3 Å². The molecule has 26 heavy (non-hydrogen) atoms. The lowest BCUT2D eigenvalue weighted by Gasteiger charge is -2.15. The number of halogens is 1. The minimum atomic E-state index is -0.480. The van der Waals surface area contributed by atoms with E-state index in [1.165, 1.54) is 0 Å². The summed E-state index contributed by atoms with van der Waals surface area (Å²) in [6.07, 6.45) is 7.64. The molecule has 0 radical (unpaired) electrons. The molecule has 3 N–H and O–H groups in total. The fourth-order valence-corrected chi connectivity index (χ4v) is 2.76. The molecule has 4 heterocycles. The fraction of sp³-hybridized carbons (Fsp3) is 0.188. The normalized spacial score (nSPS) is 12.4. The van der Waals surface area contributed by atoms with Crippen molar-refractivity contribution in [1.29, 1.82) is 0 Å². The Hall–Kier alpha value is -3.56. The standard InChI is InChI=1S/C16H16FN9/c1-9(14-19-5-10(17)6-20-14)26-4-3-11-13(26)15(24-16(18)22-11)23-12-7-25(2)8-21-12/h3-9H,1-2H3,(H3,18,22,23,24)/t9-/m1/s1. The lowest BCUT2D eigenvalue weighted by atomic mass is 10.3. The van der Waals surface area contributed by atoms with Crippen molar-refractivity contribution >= 4 is 28.6 Å². The van der Waals surface area contributed by atoms with Gasteiger partial charge in [0.15, 0.2) is 17.5 Å². The van der Waals surface area contributed by atoms with Gasteiger partial charge in [0.1, 0.15) is 11.3 Å². The Kier molecular flexibility index (Phi) is 3.72. The highest BCUT2D eigenvalue weighted by Crippen LogP contribution is 2.29. The lowest BCUT2D eigenvalue weighted by molar-refractivity contribution is 0.580. The summed E-state index contributed by atoms with van der Waals surface area (Å²) in [5, 5.41) is 3.17. The summed E-state index contributed by atoms with van der Waals surface area (Å²) in [4.78, 5) is 21.0. The monoisotopic (exact) mass is 353 g/mol. The number of nitrogens with one attached hydrogen (secondary N) is 1. The quantitative estimate of drug-likeness (QED) is 0.577. The number of anilines is 3. The Morgan fingerprint density at radius 2 is 1.96 bits per heavy atom. The van der Waals surface area contributed by atoms with E-state index in [9.17, 15) is 4.39 Å². The maximum Gasteiger partial charge on any atom is 0.222 e. The van der Waals surface area contributed by atoms with Crippen molar-refractivity contribution in [3.05, 3.63) is 48.8 Å². The third-order valence-electron chi connectivity index (χ3n) is 3.96. The number of hydrogen-bond donors (Lipinski definition) is 2. The second-order valence-electron chi connectivity index (χ2n) is 5.87. The van der Waals surface area contributed by atoms with Crippen LogP contribution in [0.25, 0.3) is 11.0 Å². The number of aryl methyl sites for hydroxylation is 1. The number of hydrogen-bond acceptors (Lipinski definition) is 7. The molecule has 4 aromatic rings. The van der Waals surface area contributed by atoms with E-state index >= 15 is 0 Å². The van der Waals surface area contributed by atoms with Crippen LogP contribution >= 0.6 is 0 Å². The molecule has 0 spiro atoms. The minimum Gasteiger partial charge on any atom is -0.368 e. The molecule has 132 valence electrons. The number of nitrogens with two attached hydrogens (primary N) is 1. The second-order valence-corrected chi connectivity index (χ2v) is 5.87. The largest absolute Gasteiger partial charge is 0.368 e. The van der Waals surface area contributed by atoms with Gasteiger partial charge in [-0.05, 0) is 13.0 Å². The molecular weight excluding hydrogens is 337 g/mol.